The van der Waals surface area contributed by atoms with Crippen LogP contribution < -0.4 is 10.2 Å². The zero-order valence-electron chi connectivity index (χ0n) is 22.5. The van der Waals surface area contributed by atoms with E-state index in [4.69, 9.17) is 19.4 Å². The average molecular weight is 664 g/mol. The van der Waals surface area contributed by atoms with Crippen LogP contribution in [-0.2, 0) is 14.3 Å². The third-order valence-corrected chi connectivity index (χ3v) is 8.45. The number of nitrogens with one attached hydrogen (secondary N) is 1. The normalized spacial score (nSPS) is 22.6. The smallest absolute Gasteiger partial charge is 0.229 e. The lowest BCUT2D eigenvalue weighted by Crippen LogP contribution is -2.37. The molecule has 5 heterocycles. The van der Waals surface area contributed by atoms with Gasteiger partial charge in [0.2, 0.25) is 16.0 Å². The van der Waals surface area contributed by atoms with Gasteiger partial charge in [-0.2, -0.15) is 9.97 Å². The van der Waals surface area contributed by atoms with Crippen LogP contribution in [0.5, 0.6) is 0 Å². The molecular weight excluding hydrogens is 628 g/mol. The van der Waals surface area contributed by atoms with Gasteiger partial charge in [-0.05, 0) is 66.3 Å². The monoisotopic (exact) mass is 663 g/mol. The van der Waals surface area contributed by atoms with E-state index >= 15 is 0 Å². The van der Waals surface area contributed by atoms with E-state index in [1.807, 2.05) is 35.2 Å². The van der Waals surface area contributed by atoms with Gasteiger partial charge in [0.15, 0.2) is 5.82 Å². The molecule has 10 nitrogen and oxygen atoms in total. The minimum Gasteiger partial charge on any atom is -0.378 e. The van der Waals surface area contributed by atoms with Crippen LogP contribution in [0.2, 0.25) is 0 Å². The van der Waals surface area contributed by atoms with Crippen molar-refractivity contribution in [2.24, 2.45) is 5.92 Å². The van der Waals surface area contributed by atoms with E-state index in [0.29, 0.717) is 74.1 Å². The largest absolute Gasteiger partial charge is 0.378 e. The summed E-state index contributed by atoms with van der Waals surface area (Å²) < 4.78 is 26.5. The first-order valence-electron chi connectivity index (χ1n) is 14.2. The highest BCUT2D eigenvalue weighted by atomic mass is 127. The first-order chi connectivity index (χ1) is 19.5. The van der Waals surface area contributed by atoms with Gasteiger partial charge in [0.1, 0.15) is 11.6 Å². The summed E-state index contributed by atoms with van der Waals surface area (Å²) in [6.07, 6.45) is 4.68. The number of amides is 1. The maximum absolute atomic E-state index is 14.8. The minimum absolute atomic E-state index is 0.0621. The van der Waals surface area contributed by atoms with Crippen molar-refractivity contribution in [2.75, 3.05) is 62.8 Å². The second kappa shape index (κ2) is 12.5. The number of benzene rings is 1. The van der Waals surface area contributed by atoms with Crippen molar-refractivity contribution in [1.82, 2.24) is 24.4 Å². The Bertz CT molecular complexity index is 1330. The topological polar surface area (TPSA) is 97.6 Å². The Hall–Kier alpha value is -2.58. The fraction of sp³-hybridized carbons (Fsp3) is 0.571. The molecule has 6 rings (SSSR count). The lowest BCUT2D eigenvalue weighted by molar-refractivity contribution is -0.134. The molecule has 0 spiro atoms. The number of carbonyl (C=O) groups is 1. The number of fused-ring (bicyclic) bond motifs is 1. The maximum Gasteiger partial charge on any atom is 0.229 e. The van der Waals surface area contributed by atoms with Crippen LogP contribution in [0.1, 0.15) is 42.1 Å². The molecule has 0 bridgehead atoms. The Morgan fingerprint density at radius 3 is 2.75 bits per heavy atom. The number of nitrogens with zero attached hydrogens (tertiary/aromatic N) is 6. The number of hydrogen-bond acceptors (Lipinski definition) is 8. The highest BCUT2D eigenvalue weighted by Crippen LogP contribution is 2.31. The zero-order chi connectivity index (χ0) is 27.5. The van der Waals surface area contributed by atoms with Crippen LogP contribution in [0.15, 0.2) is 30.3 Å². The Kier molecular flexibility index (Phi) is 8.63. The van der Waals surface area contributed by atoms with Gasteiger partial charge >= 0.3 is 0 Å². The number of anilines is 2. The van der Waals surface area contributed by atoms with Crippen LogP contribution in [0.3, 0.4) is 0 Å². The highest BCUT2D eigenvalue weighted by Gasteiger charge is 2.29. The van der Waals surface area contributed by atoms with Crippen molar-refractivity contribution in [2.45, 2.75) is 42.4 Å². The molecule has 1 N–H and O–H groups in total. The molecule has 12 heteroatoms. The molecule has 0 aliphatic carbocycles. The Morgan fingerprint density at radius 1 is 1.10 bits per heavy atom. The number of ether oxygens (including phenoxy) is 2. The van der Waals surface area contributed by atoms with Crippen molar-refractivity contribution < 1.29 is 18.7 Å². The average Bonchev–Trinajstić information content (AvgIpc) is 3.62. The van der Waals surface area contributed by atoms with Crippen LogP contribution in [0, 0.1) is 5.92 Å². The molecule has 40 heavy (non-hydrogen) atoms. The van der Waals surface area contributed by atoms with E-state index in [0.717, 1.165) is 50.9 Å². The van der Waals surface area contributed by atoms with Crippen LogP contribution in [-0.4, -0.2) is 89.0 Å². The minimum atomic E-state index is -1.30. The van der Waals surface area contributed by atoms with Gasteiger partial charge in [-0.1, -0.05) is 12.1 Å². The highest BCUT2D eigenvalue weighted by molar-refractivity contribution is 14.1. The Morgan fingerprint density at radius 2 is 1.95 bits per heavy atom. The Balaban J connectivity index is 1.21. The van der Waals surface area contributed by atoms with Gasteiger partial charge in [0, 0.05) is 45.4 Å². The Labute approximate surface area is 246 Å². The lowest BCUT2D eigenvalue weighted by Gasteiger charge is -2.27. The standard InChI is InChI=1S/C28H35FIN7O3/c29-26(30)27-32-21-6-1-2-7-22(21)37(27)24-16-23(33-28(34-24)35-10-13-39-14-11-35)31-17-19-8-9-36(18-19)25(38)15-20-5-3-4-12-40-20/h1-2,6-7,16,19-20,26H,3-5,8-15,17-18H2,(H,31,33,34)/t19-,20?,26?/m1/s1. The number of likely N-dealkylation sites (tertiary alicyclic amines) is 1. The molecule has 2 unspecified atom stereocenters. The summed E-state index contributed by atoms with van der Waals surface area (Å²) in [5.41, 5.74) is 1.51. The number of morpholine rings is 1. The predicted octanol–water partition coefficient (Wildman–Crippen LogP) is 4.27. The summed E-state index contributed by atoms with van der Waals surface area (Å²) in [5.74, 6) is 2.61. The van der Waals surface area contributed by atoms with Crippen molar-refractivity contribution in [3.8, 4) is 5.82 Å². The number of hydrogen-bond donors (Lipinski definition) is 1. The molecule has 3 aromatic rings. The zero-order valence-corrected chi connectivity index (χ0v) is 24.6. The molecule has 3 fully saturated rings. The molecular formula is C28H35FIN7O3. The van der Waals surface area contributed by atoms with Crippen LogP contribution in [0.25, 0.3) is 16.9 Å². The number of aromatic nitrogens is 4. The molecule has 0 saturated carbocycles. The van der Waals surface area contributed by atoms with Crippen molar-refractivity contribution in [3.63, 3.8) is 0 Å². The van der Waals surface area contributed by atoms with Crippen molar-refractivity contribution >= 4 is 51.3 Å². The van der Waals surface area contributed by atoms with Gasteiger partial charge in [-0.15, -0.1) is 0 Å². The summed E-state index contributed by atoms with van der Waals surface area (Å²) in [6.45, 7) is 5.51. The van der Waals surface area contributed by atoms with E-state index < -0.39 is 4.18 Å². The van der Waals surface area contributed by atoms with E-state index in [9.17, 15) is 9.18 Å². The quantitative estimate of drug-likeness (QED) is 0.282. The van der Waals surface area contributed by atoms with Gasteiger partial charge in [0.25, 0.3) is 0 Å². The van der Waals surface area contributed by atoms with Crippen LogP contribution >= 0.6 is 22.6 Å². The van der Waals surface area contributed by atoms with E-state index in [1.165, 1.54) is 0 Å². The molecule has 0 radical (unpaired) electrons. The van der Waals surface area contributed by atoms with E-state index in [2.05, 4.69) is 15.2 Å². The summed E-state index contributed by atoms with van der Waals surface area (Å²) in [4.78, 5) is 31.2. The maximum atomic E-state index is 14.8. The fourth-order valence-electron chi connectivity index (χ4n) is 5.73. The molecule has 3 atom stereocenters. The third kappa shape index (κ3) is 6.18. The second-order valence-corrected chi connectivity index (χ2v) is 11.8. The van der Waals surface area contributed by atoms with Crippen LogP contribution in [0.4, 0.5) is 16.2 Å². The van der Waals surface area contributed by atoms with Gasteiger partial charge in [-0.25, -0.2) is 9.37 Å². The fourth-order valence-corrected chi connectivity index (χ4v) is 6.15. The SMILES string of the molecule is O=C(CC1CCCCO1)N1CC[C@H](CNc2cc(-n3c(C(F)I)nc4ccccc43)nc(N3CCOCC3)n2)C1. The predicted molar refractivity (Wildman–Crippen MR) is 159 cm³/mol. The number of rotatable bonds is 8. The summed E-state index contributed by atoms with van der Waals surface area (Å²) >= 11 is 1.75. The summed E-state index contributed by atoms with van der Waals surface area (Å²) in [7, 11) is 0. The molecule has 3 aliphatic heterocycles. The number of halogens is 2. The number of carbonyl (C=O) groups excluding carboxylic acids is 1. The molecule has 214 valence electrons. The van der Waals surface area contributed by atoms with Gasteiger partial charge in [0.05, 0.1) is 36.8 Å². The van der Waals surface area contributed by atoms with E-state index in [1.54, 1.807) is 27.2 Å². The molecule has 1 aromatic carbocycles. The number of para-hydroxylation sites is 2. The van der Waals surface area contributed by atoms with E-state index in [-0.39, 0.29) is 12.0 Å². The number of alkyl halides is 2. The molecule has 3 aliphatic rings. The van der Waals surface area contributed by atoms with Gasteiger partial charge in [-0.3, -0.25) is 9.36 Å². The lowest BCUT2D eigenvalue weighted by atomic mass is 10.1. The first kappa shape index (κ1) is 27.6. The summed E-state index contributed by atoms with van der Waals surface area (Å²) in [6, 6.07) is 9.48. The third-order valence-electron chi connectivity index (χ3n) is 7.89. The van der Waals surface area contributed by atoms with Crippen molar-refractivity contribution in [1.29, 1.82) is 0 Å². The van der Waals surface area contributed by atoms with Gasteiger partial charge < -0.3 is 24.6 Å². The summed E-state index contributed by atoms with van der Waals surface area (Å²) in [5, 5.41) is 3.51. The second-order valence-electron chi connectivity index (χ2n) is 10.7. The van der Waals surface area contributed by atoms with Crippen molar-refractivity contribution in [3.05, 3.63) is 36.2 Å². The number of imidazole rings is 1. The molecule has 3 saturated heterocycles. The molecule has 2 aromatic heterocycles. The first-order valence-corrected chi connectivity index (χ1v) is 15.4. The molecule has 1 amide bonds.